The standard InChI is InChI=1S/C8H5ClF3/c1-5-2-3-6(7(9)4-5)8(10,11)12/h2,4H,1H3. The number of rotatable bonds is 0. The average Bonchev–Trinajstić information content (AvgIpc) is 1.83. The van der Waals surface area contributed by atoms with Gasteiger partial charge in [-0.25, -0.2) is 0 Å². The molecule has 0 aromatic heterocycles. The van der Waals surface area contributed by atoms with Crippen LogP contribution in [-0.4, -0.2) is 0 Å². The van der Waals surface area contributed by atoms with Crippen LogP contribution in [0.5, 0.6) is 0 Å². The Labute approximate surface area is 73.0 Å². The van der Waals surface area contributed by atoms with Crippen molar-refractivity contribution in [1.29, 1.82) is 0 Å². The number of hydrogen-bond acceptors (Lipinski definition) is 0. The van der Waals surface area contributed by atoms with E-state index in [1.54, 1.807) is 6.92 Å². The number of hydrogen-bond donors (Lipinski definition) is 0. The highest BCUT2D eigenvalue weighted by Crippen LogP contribution is 2.34. The zero-order valence-corrected chi connectivity index (χ0v) is 6.92. The Morgan fingerprint density at radius 3 is 2.42 bits per heavy atom. The van der Waals surface area contributed by atoms with Crippen LogP contribution in [0, 0.1) is 13.0 Å². The van der Waals surface area contributed by atoms with E-state index in [1.807, 2.05) is 0 Å². The van der Waals surface area contributed by atoms with Crippen molar-refractivity contribution in [2.45, 2.75) is 13.1 Å². The van der Waals surface area contributed by atoms with E-state index in [4.69, 9.17) is 11.6 Å². The molecule has 1 radical (unpaired) electrons. The van der Waals surface area contributed by atoms with Crippen molar-refractivity contribution in [3.05, 3.63) is 34.3 Å². The molecule has 0 fully saturated rings. The van der Waals surface area contributed by atoms with Gasteiger partial charge < -0.3 is 0 Å². The maximum Gasteiger partial charge on any atom is 0.418 e. The van der Waals surface area contributed by atoms with Crippen LogP contribution in [0.4, 0.5) is 13.2 Å². The maximum atomic E-state index is 12.1. The lowest BCUT2D eigenvalue weighted by molar-refractivity contribution is -0.137. The summed E-state index contributed by atoms with van der Waals surface area (Å²) in [6.45, 7) is 1.66. The van der Waals surface area contributed by atoms with Gasteiger partial charge in [-0.15, -0.1) is 0 Å². The minimum Gasteiger partial charge on any atom is -0.166 e. The van der Waals surface area contributed by atoms with Gasteiger partial charge in [-0.05, 0) is 24.6 Å². The van der Waals surface area contributed by atoms with Crippen LogP contribution < -0.4 is 0 Å². The van der Waals surface area contributed by atoms with Gasteiger partial charge in [0, 0.05) is 0 Å². The van der Waals surface area contributed by atoms with E-state index >= 15 is 0 Å². The lowest BCUT2D eigenvalue weighted by Crippen LogP contribution is -2.05. The third-order valence-electron chi connectivity index (χ3n) is 1.32. The third-order valence-corrected chi connectivity index (χ3v) is 1.62. The van der Waals surface area contributed by atoms with Crippen molar-refractivity contribution in [3.8, 4) is 0 Å². The van der Waals surface area contributed by atoms with Crippen LogP contribution in [0.15, 0.2) is 12.1 Å². The second-order valence-electron chi connectivity index (χ2n) is 2.40. The first kappa shape index (κ1) is 9.39. The fourth-order valence-corrected chi connectivity index (χ4v) is 1.12. The highest BCUT2D eigenvalue weighted by Gasteiger charge is 2.33. The van der Waals surface area contributed by atoms with E-state index < -0.39 is 11.7 Å². The SMILES string of the molecule is Cc1c[c]c(C(F)(F)F)c(Cl)c1. The summed E-state index contributed by atoms with van der Waals surface area (Å²) in [4.78, 5) is 0. The van der Waals surface area contributed by atoms with Gasteiger partial charge in [0.05, 0.1) is 10.6 Å². The molecule has 0 unspecified atom stereocenters. The topological polar surface area (TPSA) is 0 Å². The predicted octanol–water partition coefficient (Wildman–Crippen LogP) is 3.47. The van der Waals surface area contributed by atoms with Gasteiger partial charge in [0.1, 0.15) is 0 Å². The summed E-state index contributed by atoms with van der Waals surface area (Å²) in [5.41, 5.74) is -0.247. The van der Waals surface area contributed by atoms with Gasteiger partial charge in [0.2, 0.25) is 0 Å². The lowest BCUT2D eigenvalue weighted by atomic mass is 10.1. The van der Waals surface area contributed by atoms with E-state index in [0.29, 0.717) is 5.56 Å². The highest BCUT2D eigenvalue weighted by molar-refractivity contribution is 6.31. The molecule has 0 aliphatic carbocycles. The van der Waals surface area contributed by atoms with Crippen molar-refractivity contribution in [2.75, 3.05) is 0 Å². The summed E-state index contributed by atoms with van der Waals surface area (Å²) in [5.74, 6) is 0. The van der Waals surface area contributed by atoms with Gasteiger partial charge in [-0.1, -0.05) is 17.7 Å². The average molecular weight is 194 g/mol. The Kier molecular flexibility index (Phi) is 2.33. The highest BCUT2D eigenvalue weighted by atomic mass is 35.5. The Balaban J connectivity index is 3.19. The minimum absolute atomic E-state index is 0.303. The molecule has 1 aromatic rings. The number of aryl methyl sites for hydroxylation is 1. The molecule has 0 nitrogen and oxygen atoms in total. The number of benzene rings is 1. The van der Waals surface area contributed by atoms with E-state index in [2.05, 4.69) is 6.07 Å². The summed E-state index contributed by atoms with van der Waals surface area (Å²) >= 11 is 5.36. The second-order valence-corrected chi connectivity index (χ2v) is 2.80. The normalized spacial score (nSPS) is 11.8. The molecule has 4 heteroatoms. The molecule has 0 spiro atoms. The molecule has 0 saturated heterocycles. The summed E-state index contributed by atoms with van der Waals surface area (Å²) in [7, 11) is 0. The van der Waals surface area contributed by atoms with E-state index in [0.717, 1.165) is 0 Å². The predicted molar refractivity (Wildman–Crippen MR) is 40.0 cm³/mol. The van der Waals surface area contributed by atoms with E-state index in [1.165, 1.54) is 12.1 Å². The quantitative estimate of drug-likeness (QED) is 0.592. The van der Waals surface area contributed by atoms with Gasteiger partial charge in [0.25, 0.3) is 0 Å². The van der Waals surface area contributed by atoms with Crippen molar-refractivity contribution < 1.29 is 13.2 Å². The Morgan fingerprint density at radius 1 is 1.42 bits per heavy atom. The summed E-state index contributed by atoms with van der Waals surface area (Å²) < 4.78 is 36.2. The Hall–Kier alpha value is -0.700. The number of alkyl halides is 3. The van der Waals surface area contributed by atoms with Crippen LogP contribution >= 0.6 is 11.6 Å². The molecule has 0 bridgehead atoms. The Bertz CT molecular complexity index is 291. The zero-order valence-electron chi connectivity index (χ0n) is 6.17. The summed E-state index contributed by atoms with van der Waals surface area (Å²) in [6, 6.07) is 4.61. The van der Waals surface area contributed by atoms with Gasteiger partial charge in [0.15, 0.2) is 0 Å². The first-order chi connectivity index (χ1) is 5.41. The van der Waals surface area contributed by atoms with Gasteiger partial charge >= 0.3 is 6.18 Å². The molecule has 0 heterocycles. The first-order valence-electron chi connectivity index (χ1n) is 3.16. The molecule has 0 aliphatic rings. The van der Waals surface area contributed by atoms with Crippen molar-refractivity contribution in [1.82, 2.24) is 0 Å². The molecule has 0 aliphatic heterocycles. The number of halogens is 4. The molecule has 1 rings (SSSR count). The molecule has 12 heavy (non-hydrogen) atoms. The molecule has 65 valence electrons. The first-order valence-corrected chi connectivity index (χ1v) is 3.54. The summed E-state index contributed by atoms with van der Waals surface area (Å²) in [6.07, 6.45) is -4.41. The van der Waals surface area contributed by atoms with Crippen molar-refractivity contribution in [3.63, 3.8) is 0 Å². The molecule has 0 atom stereocenters. The van der Waals surface area contributed by atoms with Gasteiger partial charge in [-0.3, -0.25) is 0 Å². The smallest absolute Gasteiger partial charge is 0.166 e. The van der Waals surface area contributed by atoms with Crippen LogP contribution in [0.3, 0.4) is 0 Å². The second kappa shape index (κ2) is 2.98. The van der Waals surface area contributed by atoms with Gasteiger partial charge in [-0.2, -0.15) is 13.2 Å². The van der Waals surface area contributed by atoms with Crippen LogP contribution in [-0.2, 0) is 6.18 Å². The molecule has 0 saturated carbocycles. The molecular weight excluding hydrogens is 189 g/mol. The monoisotopic (exact) mass is 193 g/mol. The largest absolute Gasteiger partial charge is 0.418 e. The fourth-order valence-electron chi connectivity index (χ4n) is 0.786. The van der Waals surface area contributed by atoms with E-state index in [-0.39, 0.29) is 5.02 Å². The van der Waals surface area contributed by atoms with Crippen LogP contribution in [0.25, 0.3) is 0 Å². The molecule has 0 N–H and O–H groups in total. The van der Waals surface area contributed by atoms with Crippen LogP contribution in [0.1, 0.15) is 11.1 Å². The van der Waals surface area contributed by atoms with E-state index in [9.17, 15) is 13.2 Å². The zero-order chi connectivity index (χ0) is 9.35. The molecule has 0 amide bonds. The molecule has 1 aromatic carbocycles. The maximum absolute atomic E-state index is 12.1. The Morgan fingerprint density at radius 2 is 2.00 bits per heavy atom. The third kappa shape index (κ3) is 1.91. The molecular formula is C8H5ClF3. The lowest BCUT2D eigenvalue weighted by Gasteiger charge is -2.07. The minimum atomic E-state index is -4.41. The van der Waals surface area contributed by atoms with Crippen LogP contribution in [0.2, 0.25) is 5.02 Å². The fraction of sp³-hybridized carbons (Fsp3) is 0.250. The van der Waals surface area contributed by atoms with Crippen molar-refractivity contribution in [2.24, 2.45) is 0 Å². The van der Waals surface area contributed by atoms with Crippen molar-refractivity contribution >= 4 is 11.6 Å². The summed E-state index contributed by atoms with van der Waals surface area (Å²) in [5, 5.41) is -0.303.